The second-order valence-electron chi connectivity index (χ2n) is 6.42. The number of aryl methyl sites for hydroxylation is 1. The van der Waals surface area contributed by atoms with Crippen molar-refractivity contribution >= 4 is 39.1 Å². The maximum Gasteiger partial charge on any atom is 0.265 e. The summed E-state index contributed by atoms with van der Waals surface area (Å²) < 4.78 is 31.6. The van der Waals surface area contributed by atoms with Gasteiger partial charge >= 0.3 is 0 Å². The lowest BCUT2D eigenvalue weighted by molar-refractivity contribution is -0.122. The number of hydrogen-bond acceptors (Lipinski definition) is 5. The molecule has 27 heavy (non-hydrogen) atoms. The highest BCUT2D eigenvalue weighted by Gasteiger charge is 2.31. The van der Waals surface area contributed by atoms with Gasteiger partial charge in [0.05, 0.1) is 11.9 Å². The summed E-state index contributed by atoms with van der Waals surface area (Å²) >= 11 is 1.59. The molecule has 0 unspecified atom stereocenters. The molecule has 0 fully saturated rings. The summed E-state index contributed by atoms with van der Waals surface area (Å²) in [5, 5.41) is 2.86. The molecule has 0 saturated carbocycles. The van der Waals surface area contributed by atoms with Gasteiger partial charge in [-0.2, -0.15) is 0 Å². The number of benzene rings is 2. The molecule has 0 spiro atoms. The van der Waals surface area contributed by atoms with E-state index in [-0.39, 0.29) is 18.9 Å². The van der Waals surface area contributed by atoms with Crippen LogP contribution >= 0.6 is 11.8 Å². The zero-order valence-corrected chi connectivity index (χ0v) is 17.1. The number of fused-ring (bicyclic) bond motifs is 1. The van der Waals surface area contributed by atoms with E-state index >= 15 is 0 Å². The molecule has 1 N–H and O–H groups in total. The molecule has 2 aromatic rings. The second kappa shape index (κ2) is 7.82. The fourth-order valence-electron chi connectivity index (χ4n) is 2.94. The summed E-state index contributed by atoms with van der Waals surface area (Å²) in [6, 6.07) is 12.8. The molecule has 1 heterocycles. The Balaban J connectivity index is 1.86. The maximum absolute atomic E-state index is 12.7. The number of nitrogens with zero attached hydrogens (tertiary/aromatic N) is 1. The van der Waals surface area contributed by atoms with Crippen LogP contribution in [0.25, 0.3) is 0 Å². The van der Waals surface area contributed by atoms with Gasteiger partial charge in [0.1, 0.15) is 5.75 Å². The maximum atomic E-state index is 12.7. The first-order chi connectivity index (χ1) is 12.8. The van der Waals surface area contributed by atoms with Crippen LogP contribution in [-0.2, 0) is 14.8 Å². The minimum atomic E-state index is -3.48. The van der Waals surface area contributed by atoms with Crippen molar-refractivity contribution in [3.8, 4) is 5.75 Å². The van der Waals surface area contributed by atoms with Crippen LogP contribution in [0.5, 0.6) is 5.75 Å². The largest absolute Gasteiger partial charge is 0.478 e. The van der Waals surface area contributed by atoms with Gasteiger partial charge in [-0.15, -0.1) is 11.8 Å². The lowest BCUT2D eigenvalue weighted by Crippen LogP contribution is -2.35. The van der Waals surface area contributed by atoms with Crippen LogP contribution in [0.1, 0.15) is 12.0 Å². The van der Waals surface area contributed by atoms with Crippen molar-refractivity contribution in [1.82, 2.24) is 0 Å². The molecule has 1 atom stereocenters. The molecule has 2 aromatic carbocycles. The van der Waals surface area contributed by atoms with E-state index < -0.39 is 16.1 Å². The predicted molar refractivity (Wildman–Crippen MR) is 109 cm³/mol. The Hall–Kier alpha value is -2.19. The number of hydrogen-bond donors (Lipinski definition) is 1. The first-order valence-corrected chi connectivity index (χ1v) is 11.5. The first kappa shape index (κ1) is 19.6. The molecule has 0 radical (unpaired) electrons. The number of sulfonamides is 1. The van der Waals surface area contributed by atoms with E-state index in [4.69, 9.17) is 4.74 Å². The average molecular weight is 407 g/mol. The number of amides is 1. The number of anilines is 2. The van der Waals surface area contributed by atoms with E-state index in [2.05, 4.69) is 5.32 Å². The summed E-state index contributed by atoms with van der Waals surface area (Å²) in [5.41, 5.74) is 2.07. The number of nitrogens with one attached hydrogen (secondary N) is 1. The summed E-state index contributed by atoms with van der Waals surface area (Å²) in [5.74, 6) is 0.0941. The van der Waals surface area contributed by atoms with E-state index in [9.17, 15) is 13.2 Å². The zero-order valence-electron chi connectivity index (χ0n) is 15.4. The van der Waals surface area contributed by atoms with Gasteiger partial charge in [-0.3, -0.25) is 9.10 Å². The Kier molecular flexibility index (Phi) is 5.67. The molecule has 8 heteroatoms. The van der Waals surface area contributed by atoms with Crippen molar-refractivity contribution in [3.05, 3.63) is 48.0 Å². The quantitative estimate of drug-likeness (QED) is 0.789. The third-order valence-electron chi connectivity index (χ3n) is 4.28. The van der Waals surface area contributed by atoms with Crippen LogP contribution in [0, 0.1) is 6.92 Å². The third-order valence-corrected chi connectivity index (χ3v) is 6.18. The van der Waals surface area contributed by atoms with Crippen LogP contribution in [0.3, 0.4) is 0 Å². The molecule has 3 rings (SSSR count). The summed E-state index contributed by atoms with van der Waals surface area (Å²) in [4.78, 5) is 13.8. The van der Waals surface area contributed by atoms with Gasteiger partial charge in [0.25, 0.3) is 5.91 Å². The Morgan fingerprint density at radius 1 is 1.26 bits per heavy atom. The van der Waals surface area contributed by atoms with Gasteiger partial charge in [0.15, 0.2) is 6.10 Å². The van der Waals surface area contributed by atoms with Gasteiger partial charge in [0.2, 0.25) is 10.0 Å². The molecule has 0 bridgehead atoms. The molecule has 0 saturated heterocycles. The van der Waals surface area contributed by atoms with Crippen LogP contribution < -0.4 is 14.4 Å². The van der Waals surface area contributed by atoms with Gasteiger partial charge in [-0.1, -0.05) is 12.1 Å². The minimum absolute atomic E-state index is 0.179. The highest BCUT2D eigenvalue weighted by molar-refractivity contribution is 7.98. The molecule has 1 aliphatic heterocycles. The van der Waals surface area contributed by atoms with Crippen LogP contribution in [-0.4, -0.2) is 39.5 Å². The molecule has 1 amide bonds. The minimum Gasteiger partial charge on any atom is -0.478 e. The SMILES string of the molecule is CSc1cccc(NC(=O)[C@@H]2CCN(S(C)(=O)=O)c3cc(C)ccc3O2)c1. The molecule has 144 valence electrons. The topological polar surface area (TPSA) is 75.7 Å². The summed E-state index contributed by atoms with van der Waals surface area (Å²) in [7, 11) is -3.48. The van der Waals surface area contributed by atoms with E-state index in [0.29, 0.717) is 17.1 Å². The van der Waals surface area contributed by atoms with Gasteiger partial charge < -0.3 is 10.1 Å². The number of carbonyl (C=O) groups excluding carboxylic acids is 1. The second-order valence-corrected chi connectivity index (χ2v) is 9.21. The van der Waals surface area contributed by atoms with E-state index in [0.717, 1.165) is 16.7 Å². The lowest BCUT2D eigenvalue weighted by atomic mass is 10.2. The normalized spacial score (nSPS) is 16.9. The Morgan fingerprint density at radius 3 is 2.74 bits per heavy atom. The Morgan fingerprint density at radius 2 is 2.04 bits per heavy atom. The van der Waals surface area contributed by atoms with E-state index in [1.54, 1.807) is 23.9 Å². The number of rotatable bonds is 4. The van der Waals surface area contributed by atoms with Crippen molar-refractivity contribution in [2.24, 2.45) is 0 Å². The first-order valence-electron chi connectivity index (χ1n) is 8.48. The van der Waals surface area contributed by atoms with Crippen molar-refractivity contribution in [2.75, 3.05) is 28.7 Å². The molecular weight excluding hydrogens is 384 g/mol. The standard InChI is InChI=1S/C19H22N2O4S2/c1-13-7-8-17-16(11-13)21(27(3,23)24)10-9-18(25-17)19(22)20-14-5-4-6-15(12-14)26-2/h4-8,11-12,18H,9-10H2,1-3H3,(H,20,22)/t18-/m0/s1. The Labute approximate surface area is 164 Å². The van der Waals surface area contributed by atoms with Crippen molar-refractivity contribution in [3.63, 3.8) is 0 Å². The van der Waals surface area contributed by atoms with Crippen LogP contribution in [0.15, 0.2) is 47.4 Å². The number of carbonyl (C=O) groups is 1. The van der Waals surface area contributed by atoms with Crippen molar-refractivity contribution in [1.29, 1.82) is 0 Å². The summed E-state index contributed by atoms with van der Waals surface area (Å²) in [6.45, 7) is 2.06. The average Bonchev–Trinajstić information content (AvgIpc) is 2.81. The number of ether oxygens (including phenoxy) is 1. The fourth-order valence-corrected chi connectivity index (χ4v) is 4.34. The van der Waals surface area contributed by atoms with Crippen LogP contribution in [0.4, 0.5) is 11.4 Å². The monoisotopic (exact) mass is 406 g/mol. The smallest absolute Gasteiger partial charge is 0.265 e. The zero-order chi connectivity index (χ0) is 19.6. The molecule has 1 aliphatic rings. The Bertz CT molecular complexity index is 960. The van der Waals surface area contributed by atoms with Gasteiger partial charge in [0, 0.05) is 23.5 Å². The van der Waals surface area contributed by atoms with Crippen molar-refractivity contribution < 1.29 is 17.9 Å². The third kappa shape index (κ3) is 4.56. The molecule has 0 aliphatic carbocycles. The van der Waals surface area contributed by atoms with E-state index in [1.165, 1.54) is 4.31 Å². The van der Waals surface area contributed by atoms with Gasteiger partial charge in [-0.05, 0) is 49.1 Å². The fraction of sp³-hybridized carbons (Fsp3) is 0.316. The highest BCUT2D eigenvalue weighted by Crippen LogP contribution is 2.35. The lowest BCUT2D eigenvalue weighted by Gasteiger charge is -2.21. The predicted octanol–water partition coefficient (Wildman–Crippen LogP) is 3.27. The summed E-state index contributed by atoms with van der Waals surface area (Å²) in [6.07, 6.45) is 2.60. The van der Waals surface area contributed by atoms with Gasteiger partial charge in [-0.25, -0.2) is 8.42 Å². The van der Waals surface area contributed by atoms with E-state index in [1.807, 2.05) is 43.5 Å². The molecular formula is C19H22N2O4S2. The molecule has 0 aromatic heterocycles. The highest BCUT2D eigenvalue weighted by atomic mass is 32.2. The van der Waals surface area contributed by atoms with Crippen LogP contribution in [0.2, 0.25) is 0 Å². The van der Waals surface area contributed by atoms with Crippen molar-refractivity contribution in [2.45, 2.75) is 24.3 Å². The molecule has 6 nitrogen and oxygen atoms in total. The number of thioether (sulfide) groups is 1.